The van der Waals surface area contributed by atoms with E-state index in [2.05, 4.69) is 37.6 Å². The van der Waals surface area contributed by atoms with Gasteiger partial charge in [0, 0.05) is 31.6 Å². The molecule has 7 nitrogen and oxygen atoms in total. The quantitative estimate of drug-likeness (QED) is 0.582. The molecule has 0 bridgehead atoms. The van der Waals surface area contributed by atoms with Crippen molar-refractivity contribution in [1.82, 2.24) is 9.88 Å². The predicted octanol–water partition coefficient (Wildman–Crippen LogP) is 3.84. The van der Waals surface area contributed by atoms with Crippen LogP contribution in [0.2, 0.25) is 0 Å². The van der Waals surface area contributed by atoms with Gasteiger partial charge in [-0.05, 0) is 49.1 Å². The zero-order valence-corrected chi connectivity index (χ0v) is 17.3. The van der Waals surface area contributed by atoms with E-state index in [9.17, 15) is 9.90 Å². The van der Waals surface area contributed by atoms with Crippen molar-refractivity contribution in [3.8, 4) is 0 Å². The minimum Gasteiger partial charge on any atom is -0.396 e. The van der Waals surface area contributed by atoms with Crippen molar-refractivity contribution in [1.29, 1.82) is 0 Å². The minimum absolute atomic E-state index is 0.174. The highest BCUT2D eigenvalue weighted by Crippen LogP contribution is 2.42. The second kappa shape index (κ2) is 8.14. The Hall–Kier alpha value is -2.81. The molecule has 8 heteroatoms. The first-order valence-electron chi connectivity index (χ1n) is 10.2. The highest BCUT2D eigenvalue weighted by Gasteiger charge is 2.23. The number of nitrogens with zero attached hydrogens (tertiary/aromatic N) is 3. The lowest BCUT2D eigenvalue weighted by atomic mass is 9.98. The van der Waals surface area contributed by atoms with Crippen LogP contribution in [0, 0.1) is 5.92 Å². The normalized spacial score (nSPS) is 18.4. The van der Waals surface area contributed by atoms with Crippen molar-refractivity contribution >= 4 is 50.9 Å². The maximum atomic E-state index is 12.9. The van der Waals surface area contributed by atoms with Gasteiger partial charge in [0.05, 0.1) is 23.1 Å². The van der Waals surface area contributed by atoms with E-state index in [1.165, 1.54) is 16.9 Å². The molecule has 3 aromatic rings. The number of aliphatic hydroxyl groups is 1. The summed E-state index contributed by atoms with van der Waals surface area (Å²) in [5.41, 5.74) is 3.56. The van der Waals surface area contributed by atoms with E-state index in [4.69, 9.17) is 0 Å². The number of aliphatic imine (C=N–C) groups is 1. The van der Waals surface area contributed by atoms with Crippen molar-refractivity contribution in [2.75, 3.05) is 30.3 Å². The first-order valence-corrected chi connectivity index (χ1v) is 11.0. The number of likely N-dealkylation sites (tertiary alicyclic amines) is 1. The SMILES string of the molecule is O=C(Nc1ccc(CN2CCCC(CO)C2)cc1)c1sc2nccc3c2c1N=CN3. The van der Waals surface area contributed by atoms with Gasteiger partial charge in [0.15, 0.2) is 0 Å². The van der Waals surface area contributed by atoms with E-state index >= 15 is 0 Å². The molecule has 1 unspecified atom stereocenters. The number of anilines is 2. The fourth-order valence-electron chi connectivity index (χ4n) is 4.15. The van der Waals surface area contributed by atoms with Crippen LogP contribution in [0.25, 0.3) is 10.2 Å². The van der Waals surface area contributed by atoms with Gasteiger partial charge >= 0.3 is 0 Å². The van der Waals surface area contributed by atoms with E-state index in [1.807, 2.05) is 18.2 Å². The van der Waals surface area contributed by atoms with Crippen LogP contribution < -0.4 is 10.6 Å². The Morgan fingerprint density at radius 3 is 3.00 bits per heavy atom. The molecule has 1 atom stereocenters. The van der Waals surface area contributed by atoms with Crippen LogP contribution in [0.3, 0.4) is 0 Å². The third kappa shape index (κ3) is 3.69. The molecule has 1 aromatic carbocycles. The number of hydrogen-bond donors (Lipinski definition) is 3. The van der Waals surface area contributed by atoms with Crippen molar-refractivity contribution < 1.29 is 9.90 Å². The zero-order chi connectivity index (χ0) is 20.5. The highest BCUT2D eigenvalue weighted by molar-refractivity contribution is 7.21. The predicted molar refractivity (Wildman–Crippen MR) is 121 cm³/mol. The molecule has 2 aromatic heterocycles. The van der Waals surface area contributed by atoms with Gasteiger partial charge in [0.2, 0.25) is 0 Å². The lowest BCUT2D eigenvalue weighted by Gasteiger charge is -2.31. The van der Waals surface area contributed by atoms with Crippen LogP contribution in [-0.2, 0) is 6.54 Å². The lowest BCUT2D eigenvalue weighted by molar-refractivity contribution is 0.103. The van der Waals surface area contributed by atoms with Crippen molar-refractivity contribution in [2.45, 2.75) is 19.4 Å². The summed E-state index contributed by atoms with van der Waals surface area (Å²) in [6.07, 6.45) is 5.58. The Bertz CT molecular complexity index is 1110. The molecule has 2 aliphatic heterocycles. The summed E-state index contributed by atoms with van der Waals surface area (Å²) in [6, 6.07) is 9.86. The molecule has 0 spiro atoms. The number of thiophene rings is 1. The Balaban J connectivity index is 1.29. The van der Waals surface area contributed by atoms with Crippen LogP contribution >= 0.6 is 11.3 Å². The van der Waals surface area contributed by atoms with E-state index in [0.29, 0.717) is 16.5 Å². The van der Waals surface area contributed by atoms with Gasteiger partial charge < -0.3 is 15.7 Å². The number of aromatic nitrogens is 1. The molecule has 1 fully saturated rings. The standard InChI is InChI=1S/C22H23N5O2S/c28-12-15-2-1-9-27(11-15)10-14-3-5-16(6-4-14)26-21(29)20-19-18-17(24-13-25-19)7-8-23-22(18)30-20/h3-8,13,15,28H,1-2,9-12H2,(H,24,25)(H,26,29). The van der Waals surface area contributed by atoms with Gasteiger partial charge in [-0.1, -0.05) is 12.1 Å². The molecule has 0 saturated carbocycles. The maximum absolute atomic E-state index is 12.9. The van der Waals surface area contributed by atoms with Crippen LogP contribution in [-0.4, -0.2) is 46.9 Å². The van der Waals surface area contributed by atoms with Gasteiger partial charge in [-0.2, -0.15) is 0 Å². The summed E-state index contributed by atoms with van der Waals surface area (Å²) in [4.78, 5) is 25.4. The van der Waals surface area contributed by atoms with Gasteiger partial charge in [0.25, 0.3) is 5.91 Å². The number of hydrogen-bond acceptors (Lipinski definition) is 7. The van der Waals surface area contributed by atoms with Crippen LogP contribution in [0.4, 0.5) is 17.1 Å². The van der Waals surface area contributed by atoms with E-state index in [0.717, 1.165) is 54.1 Å². The van der Waals surface area contributed by atoms with E-state index in [1.54, 1.807) is 12.5 Å². The number of amides is 1. The number of pyridine rings is 1. The molecule has 0 aliphatic carbocycles. The van der Waals surface area contributed by atoms with Crippen LogP contribution in [0.15, 0.2) is 41.5 Å². The average molecular weight is 422 g/mol. The monoisotopic (exact) mass is 421 g/mol. The summed E-state index contributed by atoms with van der Waals surface area (Å²) in [5.74, 6) is 0.208. The molecule has 0 radical (unpaired) electrons. The van der Waals surface area contributed by atoms with Crippen LogP contribution in [0.1, 0.15) is 28.1 Å². The number of carbonyl (C=O) groups excluding carboxylic acids is 1. The Morgan fingerprint density at radius 1 is 1.30 bits per heavy atom. The Kier molecular flexibility index (Phi) is 5.20. The van der Waals surface area contributed by atoms with Gasteiger partial charge in [-0.15, -0.1) is 11.3 Å². The molecule has 5 rings (SSSR count). The number of piperidine rings is 1. The minimum atomic E-state index is -0.174. The number of rotatable bonds is 5. The van der Waals surface area contributed by atoms with E-state index < -0.39 is 0 Å². The third-order valence-corrected chi connectivity index (χ3v) is 6.75. The molecule has 154 valence electrons. The molecule has 1 amide bonds. The molecular weight excluding hydrogens is 398 g/mol. The molecule has 1 saturated heterocycles. The summed E-state index contributed by atoms with van der Waals surface area (Å²) >= 11 is 1.35. The smallest absolute Gasteiger partial charge is 0.268 e. The van der Waals surface area contributed by atoms with Crippen molar-refractivity contribution in [3.05, 3.63) is 47.0 Å². The summed E-state index contributed by atoms with van der Waals surface area (Å²) in [5, 5.41) is 16.4. The molecule has 3 N–H and O–H groups in total. The number of carbonyl (C=O) groups is 1. The fourth-order valence-corrected chi connectivity index (χ4v) is 5.17. The summed E-state index contributed by atoms with van der Waals surface area (Å²) in [7, 11) is 0. The van der Waals surface area contributed by atoms with Gasteiger partial charge in [0.1, 0.15) is 9.71 Å². The Morgan fingerprint density at radius 2 is 2.17 bits per heavy atom. The second-order valence-corrected chi connectivity index (χ2v) is 8.80. The molecular formula is C22H23N5O2S. The number of benzene rings is 1. The molecule has 4 heterocycles. The maximum Gasteiger partial charge on any atom is 0.268 e. The molecule has 2 aliphatic rings. The van der Waals surface area contributed by atoms with Crippen molar-refractivity contribution in [2.24, 2.45) is 10.9 Å². The number of nitrogens with one attached hydrogen (secondary N) is 2. The number of aliphatic hydroxyl groups excluding tert-OH is 1. The van der Waals surface area contributed by atoms with Crippen LogP contribution in [0.5, 0.6) is 0 Å². The van der Waals surface area contributed by atoms with Crippen molar-refractivity contribution in [3.63, 3.8) is 0 Å². The lowest BCUT2D eigenvalue weighted by Crippen LogP contribution is -2.36. The highest BCUT2D eigenvalue weighted by atomic mass is 32.1. The largest absolute Gasteiger partial charge is 0.396 e. The van der Waals surface area contributed by atoms with Gasteiger partial charge in [-0.3, -0.25) is 9.69 Å². The summed E-state index contributed by atoms with van der Waals surface area (Å²) in [6.45, 7) is 3.13. The third-order valence-electron chi connectivity index (χ3n) is 5.67. The van der Waals surface area contributed by atoms with Gasteiger partial charge in [-0.25, -0.2) is 9.98 Å². The topological polar surface area (TPSA) is 89.9 Å². The fraction of sp³-hybridized carbons (Fsp3) is 0.318. The molecule has 30 heavy (non-hydrogen) atoms. The summed E-state index contributed by atoms with van der Waals surface area (Å²) < 4.78 is 0. The average Bonchev–Trinajstić information content (AvgIpc) is 3.16. The Labute approximate surface area is 178 Å². The first-order chi connectivity index (χ1) is 14.7. The zero-order valence-electron chi connectivity index (χ0n) is 16.5. The first kappa shape index (κ1) is 19.2. The van der Waals surface area contributed by atoms with E-state index in [-0.39, 0.29) is 12.5 Å². The second-order valence-electron chi connectivity index (χ2n) is 7.80.